The van der Waals surface area contributed by atoms with E-state index in [-0.39, 0.29) is 5.76 Å². The maximum atomic E-state index is 10.4. The van der Waals surface area contributed by atoms with Crippen molar-refractivity contribution in [2.24, 2.45) is 0 Å². The summed E-state index contributed by atoms with van der Waals surface area (Å²) in [7, 11) is 0. The van der Waals surface area contributed by atoms with Crippen molar-refractivity contribution < 1.29 is 5.11 Å². The van der Waals surface area contributed by atoms with Crippen LogP contribution in [-0.4, -0.2) is 33.9 Å². The predicted molar refractivity (Wildman–Crippen MR) is 109 cm³/mol. The number of nitriles is 1. The van der Waals surface area contributed by atoms with Crippen molar-refractivity contribution in [1.82, 2.24) is 9.88 Å². The van der Waals surface area contributed by atoms with Gasteiger partial charge in [0.25, 0.3) is 0 Å². The Labute approximate surface area is 165 Å². The van der Waals surface area contributed by atoms with Crippen LogP contribution >= 0.6 is 22.7 Å². The monoisotopic (exact) mass is 392 g/mol. The van der Waals surface area contributed by atoms with Gasteiger partial charge in [-0.25, -0.2) is 4.98 Å². The number of aliphatic hydroxyl groups excluding tert-OH is 1. The Morgan fingerprint density at radius 1 is 1.22 bits per heavy atom. The Balaban J connectivity index is 1.51. The number of rotatable bonds is 5. The zero-order valence-electron chi connectivity index (χ0n) is 14.3. The fraction of sp³-hybridized carbons (Fsp3) is 0.150. The molecule has 134 valence electrons. The van der Waals surface area contributed by atoms with Crippen LogP contribution in [0.1, 0.15) is 15.4 Å². The fourth-order valence-corrected chi connectivity index (χ4v) is 4.58. The molecule has 0 amide bonds. The van der Waals surface area contributed by atoms with E-state index in [0.29, 0.717) is 35.1 Å². The normalized spacial score (nSPS) is 14.0. The molecule has 2 aromatic heterocycles. The highest BCUT2D eigenvalue weighted by molar-refractivity contribution is 7.11. The lowest BCUT2D eigenvalue weighted by molar-refractivity contribution is 0.351. The van der Waals surface area contributed by atoms with E-state index in [0.717, 1.165) is 17.7 Å². The van der Waals surface area contributed by atoms with E-state index in [2.05, 4.69) is 17.1 Å². The van der Waals surface area contributed by atoms with Gasteiger partial charge in [-0.15, -0.1) is 22.7 Å². The molecule has 1 aromatic carbocycles. The molecule has 0 spiro atoms. The molecule has 0 saturated heterocycles. The second-order valence-electron chi connectivity index (χ2n) is 6.15. The molecule has 0 bridgehead atoms. The van der Waals surface area contributed by atoms with Crippen LogP contribution in [-0.2, 0) is 6.42 Å². The summed E-state index contributed by atoms with van der Waals surface area (Å²) in [6.45, 7) is 1.05. The molecule has 7 heteroatoms. The van der Waals surface area contributed by atoms with Crippen LogP contribution < -0.4 is 0 Å². The first kappa shape index (κ1) is 17.5. The van der Waals surface area contributed by atoms with Gasteiger partial charge in [-0.3, -0.25) is 5.41 Å². The number of benzene rings is 1. The molecular weight excluding hydrogens is 376 g/mol. The number of hydrogen-bond acceptors (Lipinski definition) is 6. The Kier molecular flexibility index (Phi) is 4.75. The van der Waals surface area contributed by atoms with E-state index in [1.807, 2.05) is 33.9 Å². The molecule has 2 N–H and O–H groups in total. The van der Waals surface area contributed by atoms with Gasteiger partial charge in [0.2, 0.25) is 0 Å². The summed E-state index contributed by atoms with van der Waals surface area (Å²) in [5, 5.41) is 32.4. The number of nitrogens with one attached hydrogen (secondary N) is 1. The minimum Gasteiger partial charge on any atom is -0.510 e. The van der Waals surface area contributed by atoms with Crippen LogP contribution in [0.15, 0.2) is 52.9 Å². The average molecular weight is 393 g/mol. The summed E-state index contributed by atoms with van der Waals surface area (Å²) >= 11 is 3.12. The largest absolute Gasteiger partial charge is 0.510 e. The van der Waals surface area contributed by atoms with E-state index in [4.69, 9.17) is 10.7 Å². The third kappa shape index (κ3) is 3.50. The van der Waals surface area contributed by atoms with E-state index in [9.17, 15) is 5.11 Å². The van der Waals surface area contributed by atoms with E-state index in [1.54, 1.807) is 23.5 Å². The molecule has 0 atom stereocenters. The van der Waals surface area contributed by atoms with Crippen LogP contribution in [0, 0.1) is 16.7 Å². The highest BCUT2D eigenvalue weighted by Crippen LogP contribution is 2.32. The zero-order valence-corrected chi connectivity index (χ0v) is 16.0. The molecule has 4 rings (SSSR count). The molecule has 0 fully saturated rings. The van der Waals surface area contributed by atoms with Crippen molar-refractivity contribution in [3.63, 3.8) is 0 Å². The average Bonchev–Trinajstić information content (AvgIpc) is 3.41. The number of nitrogens with zero attached hydrogens (tertiary/aromatic N) is 3. The summed E-state index contributed by atoms with van der Waals surface area (Å²) in [6.07, 6.45) is 0.856. The van der Waals surface area contributed by atoms with Crippen LogP contribution in [0.5, 0.6) is 0 Å². The molecule has 0 aliphatic carbocycles. The molecule has 3 heterocycles. The van der Waals surface area contributed by atoms with Gasteiger partial charge >= 0.3 is 0 Å². The third-order valence-electron chi connectivity index (χ3n) is 4.42. The quantitative estimate of drug-likeness (QED) is 0.667. The SMILES string of the molecule is N#Cc1ccc(-c2csc(C3=C(O)CN(CCc4cccs4)C3=N)n2)cc1. The Morgan fingerprint density at radius 3 is 2.74 bits per heavy atom. The van der Waals surface area contributed by atoms with Crippen LogP contribution in [0.2, 0.25) is 0 Å². The summed E-state index contributed by atoms with van der Waals surface area (Å²) < 4.78 is 0. The van der Waals surface area contributed by atoms with Crippen LogP contribution in [0.4, 0.5) is 0 Å². The zero-order chi connectivity index (χ0) is 18.8. The minimum atomic E-state index is 0.201. The lowest BCUT2D eigenvalue weighted by Crippen LogP contribution is -2.28. The summed E-state index contributed by atoms with van der Waals surface area (Å²) in [6, 6.07) is 13.5. The van der Waals surface area contributed by atoms with Gasteiger partial charge in [0.1, 0.15) is 16.6 Å². The molecular formula is C20H16N4OS2. The van der Waals surface area contributed by atoms with Crippen molar-refractivity contribution in [3.8, 4) is 17.3 Å². The molecule has 1 aliphatic rings. The van der Waals surface area contributed by atoms with Crippen molar-refractivity contribution >= 4 is 34.1 Å². The molecule has 0 saturated carbocycles. The number of aliphatic hydroxyl groups is 1. The number of thiazole rings is 1. The van der Waals surface area contributed by atoms with Gasteiger partial charge in [0.05, 0.1) is 29.4 Å². The lowest BCUT2D eigenvalue weighted by Gasteiger charge is -2.17. The van der Waals surface area contributed by atoms with Gasteiger partial charge in [0.15, 0.2) is 0 Å². The maximum absolute atomic E-state index is 10.4. The van der Waals surface area contributed by atoms with E-state index < -0.39 is 0 Å². The van der Waals surface area contributed by atoms with Crippen LogP contribution in [0.3, 0.4) is 0 Å². The molecule has 0 radical (unpaired) electrons. The Hall–Kier alpha value is -2.95. The smallest absolute Gasteiger partial charge is 0.135 e. The first-order chi connectivity index (χ1) is 13.2. The predicted octanol–water partition coefficient (Wildman–Crippen LogP) is 4.55. The molecule has 1 aliphatic heterocycles. The summed E-state index contributed by atoms with van der Waals surface area (Å²) in [5.41, 5.74) is 2.82. The van der Waals surface area contributed by atoms with Gasteiger partial charge in [-0.2, -0.15) is 5.26 Å². The third-order valence-corrected chi connectivity index (χ3v) is 6.21. The van der Waals surface area contributed by atoms with Gasteiger partial charge in [-0.05, 0) is 30.0 Å². The molecule has 5 nitrogen and oxygen atoms in total. The van der Waals surface area contributed by atoms with Gasteiger partial charge in [0, 0.05) is 22.4 Å². The van der Waals surface area contributed by atoms with Gasteiger partial charge < -0.3 is 10.0 Å². The minimum absolute atomic E-state index is 0.201. The maximum Gasteiger partial charge on any atom is 0.135 e. The summed E-state index contributed by atoms with van der Waals surface area (Å²) in [4.78, 5) is 7.77. The molecule has 3 aromatic rings. The topological polar surface area (TPSA) is 84.0 Å². The second-order valence-corrected chi connectivity index (χ2v) is 8.04. The van der Waals surface area contributed by atoms with Crippen molar-refractivity contribution in [2.45, 2.75) is 6.42 Å². The standard InChI is InChI=1S/C20H16N4OS2/c21-10-13-3-5-14(6-4-13)16-12-27-20(23-16)18-17(25)11-24(19(18)22)8-7-15-2-1-9-26-15/h1-6,9,12,22,25H,7-8,11H2. The Bertz CT molecular complexity index is 1040. The second kappa shape index (κ2) is 7.35. The van der Waals surface area contributed by atoms with Crippen molar-refractivity contribution in [3.05, 3.63) is 68.4 Å². The number of aromatic nitrogens is 1. The van der Waals surface area contributed by atoms with E-state index in [1.165, 1.54) is 16.2 Å². The fourth-order valence-electron chi connectivity index (χ4n) is 2.99. The highest BCUT2D eigenvalue weighted by atomic mass is 32.1. The van der Waals surface area contributed by atoms with Crippen molar-refractivity contribution in [1.29, 1.82) is 10.7 Å². The first-order valence-electron chi connectivity index (χ1n) is 8.40. The Morgan fingerprint density at radius 2 is 2.04 bits per heavy atom. The lowest BCUT2D eigenvalue weighted by atomic mass is 10.1. The van der Waals surface area contributed by atoms with E-state index >= 15 is 0 Å². The summed E-state index contributed by atoms with van der Waals surface area (Å²) in [5.74, 6) is 0.525. The van der Waals surface area contributed by atoms with Crippen molar-refractivity contribution in [2.75, 3.05) is 13.1 Å². The molecule has 27 heavy (non-hydrogen) atoms. The van der Waals surface area contributed by atoms with Crippen LogP contribution in [0.25, 0.3) is 16.8 Å². The molecule has 0 unspecified atom stereocenters. The number of hydrogen-bond donors (Lipinski definition) is 2. The number of thiophene rings is 1. The van der Waals surface area contributed by atoms with Gasteiger partial charge in [-0.1, -0.05) is 18.2 Å². The highest BCUT2D eigenvalue weighted by Gasteiger charge is 2.30. The first-order valence-corrected chi connectivity index (χ1v) is 10.2. The number of amidine groups is 1.